The summed E-state index contributed by atoms with van der Waals surface area (Å²) < 4.78 is 132. The molecule has 0 fully saturated rings. The van der Waals surface area contributed by atoms with Crippen LogP contribution in [-0.4, -0.2) is 6.36 Å². The summed E-state index contributed by atoms with van der Waals surface area (Å²) in [5, 5.41) is 0. The minimum Gasteiger partial charge on any atom is -0.406 e. The van der Waals surface area contributed by atoms with Crippen LogP contribution in [0.15, 0.2) is 36.4 Å². The SMILES string of the molecule is Cl.N[C@H](c1ccc(OC(F)(F)F)cc1)c1c(F)cc(C(F)(F)F)cc1C(F)(F)F. The van der Waals surface area contributed by atoms with E-state index in [-0.39, 0.29) is 30.1 Å². The summed E-state index contributed by atoms with van der Waals surface area (Å²) in [6.45, 7) is 0. The molecule has 0 aliphatic carbocycles. The Kier molecular flexibility index (Phi) is 7.08. The predicted molar refractivity (Wildman–Crippen MR) is 82.8 cm³/mol. The first kappa shape index (κ1) is 24.8. The van der Waals surface area contributed by atoms with Gasteiger partial charge in [0.15, 0.2) is 0 Å². The fraction of sp³-hybridized carbons (Fsp3) is 0.250. The highest BCUT2D eigenvalue weighted by molar-refractivity contribution is 5.85. The lowest BCUT2D eigenvalue weighted by Gasteiger charge is -2.21. The molecule has 0 unspecified atom stereocenters. The predicted octanol–water partition coefficient (Wildman–Crippen LogP) is 6.23. The maximum atomic E-state index is 14.2. The zero-order valence-corrected chi connectivity index (χ0v) is 14.5. The van der Waals surface area contributed by atoms with Crippen LogP contribution in [-0.2, 0) is 12.4 Å². The van der Waals surface area contributed by atoms with Gasteiger partial charge in [-0.05, 0) is 29.8 Å². The van der Waals surface area contributed by atoms with E-state index in [0.717, 1.165) is 24.3 Å². The van der Waals surface area contributed by atoms with Crippen LogP contribution in [0.5, 0.6) is 5.75 Å². The summed E-state index contributed by atoms with van der Waals surface area (Å²) in [6.07, 6.45) is -15.6. The largest absolute Gasteiger partial charge is 0.573 e. The fourth-order valence-electron chi connectivity index (χ4n) is 2.38. The zero-order valence-electron chi connectivity index (χ0n) is 13.7. The minimum atomic E-state index is -5.37. The Balaban J connectivity index is 0.00000420. The summed E-state index contributed by atoms with van der Waals surface area (Å²) in [6, 6.07) is 0.797. The number of benzene rings is 2. The Hall–Kier alpha value is -2.21. The number of halogens is 11. The van der Waals surface area contributed by atoms with Gasteiger partial charge in [0, 0.05) is 5.56 Å². The number of rotatable bonds is 3. The highest BCUT2D eigenvalue weighted by atomic mass is 35.5. The maximum absolute atomic E-state index is 14.2. The Bertz CT molecular complexity index is 843. The standard InChI is InChI=1S/C16H9F10NO.ClH/c17-11-6-8(14(18,19)20)5-10(15(21,22)23)12(11)13(27)7-1-3-9(4-2-7)28-16(24,25)26;/h1-6,13H,27H2;1H/t13-;/m1./s1. The highest BCUT2D eigenvalue weighted by Crippen LogP contribution is 2.41. The molecule has 2 aromatic carbocycles. The van der Waals surface area contributed by atoms with E-state index in [0.29, 0.717) is 0 Å². The van der Waals surface area contributed by atoms with Crippen molar-refractivity contribution in [1.29, 1.82) is 0 Å². The van der Waals surface area contributed by atoms with Crippen LogP contribution in [0.1, 0.15) is 28.3 Å². The van der Waals surface area contributed by atoms with Crippen molar-refractivity contribution in [3.8, 4) is 5.75 Å². The molecular formula is C16H10ClF10NO. The Morgan fingerprint density at radius 1 is 0.793 bits per heavy atom. The van der Waals surface area contributed by atoms with E-state index in [2.05, 4.69) is 4.74 Å². The van der Waals surface area contributed by atoms with Gasteiger partial charge < -0.3 is 10.5 Å². The third kappa shape index (κ3) is 6.13. The lowest BCUT2D eigenvalue weighted by atomic mass is 9.92. The Morgan fingerprint density at radius 3 is 1.72 bits per heavy atom. The summed E-state index contributed by atoms with van der Waals surface area (Å²) >= 11 is 0. The van der Waals surface area contributed by atoms with Crippen molar-refractivity contribution in [3.05, 3.63) is 64.5 Å². The molecule has 29 heavy (non-hydrogen) atoms. The third-order valence-electron chi connectivity index (χ3n) is 3.55. The Labute approximate surface area is 162 Å². The Morgan fingerprint density at radius 2 is 1.31 bits per heavy atom. The molecule has 0 amide bonds. The van der Waals surface area contributed by atoms with Gasteiger partial charge in [0.1, 0.15) is 11.6 Å². The van der Waals surface area contributed by atoms with Crippen molar-refractivity contribution < 1.29 is 48.6 Å². The molecule has 162 valence electrons. The molecular weight excluding hydrogens is 448 g/mol. The number of nitrogens with two attached hydrogens (primary N) is 1. The van der Waals surface area contributed by atoms with Gasteiger partial charge in [-0.25, -0.2) is 4.39 Å². The average Bonchev–Trinajstić information content (AvgIpc) is 2.51. The zero-order chi connectivity index (χ0) is 21.5. The van der Waals surface area contributed by atoms with Crippen molar-refractivity contribution in [2.24, 2.45) is 5.73 Å². The number of hydrogen-bond acceptors (Lipinski definition) is 2. The van der Waals surface area contributed by atoms with E-state index in [1.807, 2.05) is 0 Å². The molecule has 2 rings (SSSR count). The quantitative estimate of drug-likeness (QED) is 0.554. The van der Waals surface area contributed by atoms with Crippen LogP contribution < -0.4 is 10.5 Å². The maximum Gasteiger partial charge on any atom is 0.573 e. The molecule has 0 spiro atoms. The van der Waals surface area contributed by atoms with E-state index in [1.165, 1.54) is 0 Å². The molecule has 0 bridgehead atoms. The van der Waals surface area contributed by atoms with Crippen molar-refractivity contribution in [2.75, 3.05) is 0 Å². The normalized spacial score (nSPS) is 13.6. The molecule has 0 saturated carbocycles. The van der Waals surface area contributed by atoms with Crippen LogP contribution >= 0.6 is 12.4 Å². The second-order valence-corrected chi connectivity index (χ2v) is 5.51. The second kappa shape index (κ2) is 8.27. The lowest BCUT2D eigenvalue weighted by molar-refractivity contribution is -0.274. The van der Waals surface area contributed by atoms with Gasteiger partial charge in [-0.1, -0.05) is 12.1 Å². The average molecular weight is 458 g/mol. The monoisotopic (exact) mass is 457 g/mol. The van der Waals surface area contributed by atoms with E-state index in [9.17, 15) is 43.9 Å². The van der Waals surface area contributed by atoms with Crippen LogP contribution in [0, 0.1) is 5.82 Å². The topological polar surface area (TPSA) is 35.2 Å². The van der Waals surface area contributed by atoms with Gasteiger partial charge in [0.2, 0.25) is 0 Å². The third-order valence-corrected chi connectivity index (χ3v) is 3.55. The van der Waals surface area contributed by atoms with Crippen LogP contribution in [0.3, 0.4) is 0 Å². The molecule has 1 atom stereocenters. The van der Waals surface area contributed by atoms with Gasteiger partial charge in [0.25, 0.3) is 0 Å². The molecule has 0 saturated heterocycles. The smallest absolute Gasteiger partial charge is 0.406 e. The molecule has 0 aliphatic heterocycles. The minimum absolute atomic E-state index is 0. The first-order valence-corrected chi connectivity index (χ1v) is 7.18. The van der Waals surface area contributed by atoms with Gasteiger partial charge in [-0.3, -0.25) is 0 Å². The van der Waals surface area contributed by atoms with E-state index in [4.69, 9.17) is 5.73 Å². The van der Waals surface area contributed by atoms with Crippen molar-refractivity contribution in [2.45, 2.75) is 24.8 Å². The van der Waals surface area contributed by atoms with Gasteiger partial charge in [-0.2, -0.15) is 26.3 Å². The molecule has 0 aliphatic rings. The summed E-state index contributed by atoms with van der Waals surface area (Å²) in [7, 11) is 0. The molecule has 2 aromatic rings. The summed E-state index contributed by atoms with van der Waals surface area (Å²) in [5.74, 6) is -2.57. The molecule has 2 N–H and O–H groups in total. The number of alkyl halides is 9. The summed E-state index contributed by atoms with van der Waals surface area (Å²) in [5.41, 5.74) is 0.214. The number of hydrogen-bond donors (Lipinski definition) is 1. The van der Waals surface area contributed by atoms with Gasteiger partial charge in [-0.15, -0.1) is 25.6 Å². The van der Waals surface area contributed by atoms with Crippen LogP contribution in [0.25, 0.3) is 0 Å². The molecule has 0 radical (unpaired) electrons. The van der Waals surface area contributed by atoms with Crippen molar-refractivity contribution in [3.63, 3.8) is 0 Å². The van der Waals surface area contributed by atoms with E-state index >= 15 is 0 Å². The van der Waals surface area contributed by atoms with Crippen LogP contribution in [0.2, 0.25) is 0 Å². The number of ether oxygens (including phenoxy) is 1. The van der Waals surface area contributed by atoms with Gasteiger partial charge >= 0.3 is 18.7 Å². The summed E-state index contributed by atoms with van der Waals surface area (Å²) in [4.78, 5) is 0. The van der Waals surface area contributed by atoms with Crippen molar-refractivity contribution in [1.82, 2.24) is 0 Å². The molecule has 0 aromatic heterocycles. The molecule has 2 nitrogen and oxygen atoms in total. The van der Waals surface area contributed by atoms with Gasteiger partial charge in [0.05, 0.1) is 17.2 Å². The fourth-order valence-corrected chi connectivity index (χ4v) is 2.38. The van der Waals surface area contributed by atoms with Crippen LogP contribution in [0.4, 0.5) is 43.9 Å². The lowest BCUT2D eigenvalue weighted by Crippen LogP contribution is -2.22. The molecule has 0 heterocycles. The van der Waals surface area contributed by atoms with E-state index in [1.54, 1.807) is 0 Å². The highest BCUT2D eigenvalue weighted by Gasteiger charge is 2.41. The first-order valence-electron chi connectivity index (χ1n) is 7.18. The molecule has 13 heteroatoms. The van der Waals surface area contributed by atoms with E-state index < -0.39 is 53.0 Å². The van der Waals surface area contributed by atoms with Crippen molar-refractivity contribution >= 4 is 12.4 Å². The first-order chi connectivity index (χ1) is 12.6. The second-order valence-electron chi connectivity index (χ2n) is 5.51.